The van der Waals surface area contributed by atoms with Crippen LogP contribution in [0, 0.1) is 3.57 Å². The van der Waals surface area contributed by atoms with Gasteiger partial charge in [0.15, 0.2) is 0 Å². The van der Waals surface area contributed by atoms with Crippen LogP contribution in [0.3, 0.4) is 0 Å². The SMILES string of the molecule is N[C@@H](Cc1ccc(O)c(I)c1-c1ccc(O)cc1)C(=O)O. The summed E-state index contributed by atoms with van der Waals surface area (Å²) in [4.78, 5) is 10.9. The molecule has 0 aliphatic heterocycles. The number of carbonyl (C=O) groups is 1. The van der Waals surface area contributed by atoms with E-state index in [0.29, 0.717) is 3.57 Å². The molecular weight excluding hydrogens is 385 g/mol. The summed E-state index contributed by atoms with van der Waals surface area (Å²) in [5.74, 6) is -0.821. The van der Waals surface area contributed by atoms with E-state index in [9.17, 15) is 15.0 Å². The van der Waals surface area contributed by atoms with Crippen LogP contribution in [0.25, 0.3) is 11.1 Å². The van der Waals surface area contributed by atoms with E-state index in [-0.39, 0.29) is 17.9 Å². The number of benzene rings is 2. The van der Waals surface area contributed by atoms with E-state index in [1.165, 1.54) is 18.2 Å². The van der Waals surface area contributed by atoms with Crippen LogP contribution < -0.4 is 5.73 Å². The molecule has 0 bridgehead atoms. The van der Waals surface area contributed by atoms with Crippen LogP contribution in [0.2, 0.25) is 0 Å². The van der Waals surface area contributed by atoms with E-state index < -0.39 is 12.0 Å². The number of hydrogen-bond acceptors (Lipinski definition) is 4. The first kappa shape index (κ1) is 15.6. The Bertz CT molecular complexity index is 670. The van der Waals surface area contributed by atoms with Crippen molar-refractivity contribution in [3.63, 3.8) is 0 Å². The summed E-state index contributed by atoms with van der Waals surface area (Å²) in [6.07, 6.45) is 0.155. The van der Waals surface area contributed by atoms with Crippen LogP contribution >= 0.6 is 22.6 Å². The molecule has 0 heterocycles. The number of nitrogens with two attached hydrogens (primary N) is 1. The van der Waals surface area contributed by atoms with Crippen LogP contribution in [0.15, 0.2) is 36.4 Å². The first-order valence-electron chi connectivity index (χ1n) is 6.18. The number of aromatic hydroxyl groups is 2. The van der Waals surface area contributed by atoms with Gasteiger partial charge in [-0.3, -0.25) is 4.79 Å². The van der Waals surface area contributed by atoms with Crippen molar-refractivity contribution in [3.05, 3.63) is 45.5 Å². The molecule has 0 radical (unpaired) electrons. The van der Waals surface area contributed by atoms with Crippen molar-refractivity contribution in [1.82, 2.24) is 0 Å². The Kier molecular flexibility index (Phi) is 4.69. The number of hydrogen-bond donors (Lipinski definition) is 4. The molecule has 0 aliphatic carbocycles. The fourth-order valence-electron chi connectivity index (χ4n) is 2.04. The Labute approximate surface area is 135 Å². The molecule has 0 fully saturated rings. The van der Waals surface area contributed by atoms with E-state index in [4.69, 9.17) is 10.8 Å². The molecule has 110 valence electrons. The van der Waals surface area contributed by atoms with Gasteiger partial charge in [0.05, 0.1) is 3.57 Å². The Hall–Kier alpha value is -1.80. The number of rotatable bonds is 4. The molecule has 2 aromatic carbocycles. The van der Waals surface area contributed by atoms with Gasteiger partial charge in [0, 0.05) is 5.56 Å². The third-order valence-corrected chi connectivity index (χ3v) is 4.21. The molecule has 0 spiro atoms. The second kappa shape index (κ2) is 6.31. The zero-order chi connectivity index (χ0) is 15.6. The van der Waals surface area contributed by atoms with Gasteiger partial charge in [0.1, 0.15) is 17.5 Å². The molecule has 0 aromatic heterocycles. The van der Waals surface area contributed by atoms with Crippen molar-refractivity contribution in [2.75, 3.05) is 0 Å². The van der Waals surface area contributed by atoms with Crippen molar-refractivity contribution in [2.24, 2.45) is 5.73 Å². The number of carboxylic acid groups (broad SMARTS) is 1. The maximum Gasteiger partial charge on any atom is 0.320 e. The van der Waals surface area contributed by atoms with Crippen LogP contribution in [0.4, 0.5) is 0 Å². The third-order valence-electron chi connectivity index (χ3n) is 3.12. The first-order valence-corrected chi connectivity index (χ1v) is 7.26. The zero-order valence-electron chi connectivity index (χ0n) is 11.0. The topological polar surface area (TPSA) is 104 Å². The minimum atomic E-state index is -1.07. The van der Waals surface area contributed by atoms with Gasteiger partial charge in [-0.05, 0) is 58.3 Å². The summed E-state index contributed by atoms with van der Waals surface area (Å²) >= 11 is 2.01. The average molecular weight is 399 g/mol. The Morgan fingerprint density at radius 1 is 1.14 bits per heavy atom. The normalized spacial score (nSPS) is 12.1. The molecule has 0 saturated heterocycles. The number of phenolic OH excluding ortho intramolecular Hbond substituents is 2. The van der Waals surface area contributed by atoms with Crippen molar-refractivity contribution in [1.29, 1.82) is 0 Å². The largest absolute Gasteiger partial charge is 0.508 e. The van der Waals surface area contributed by atoms with Gasteiger partial charge < -0.3 is 21.1 Å². The predicted octanol–water partition coefficient (Wildman–Crippen LogP) is 2.32. The summed E-state index contributed by atoms with van der Waals surface area (Å²) in [7, 11) is 0. The lowest BCUT2D eigenvalue weighted by Gasteiger charge is -2.15. The smallest absolute Gasteiger partial charge is 0.320 e. The van der Waals surface area contributed by atoms with E-state index >= 15 is 0 Å². The quantitative estimate of drug-likeness (QED) is 0.591. The van der Waals surface area contributed by atoms with Gasteiger partial charge in [0.25, 0.3) is 0 Å². The van der Waals surface area contributed by atoms with Crippen molar-refractivity contribution >= 4 is 28.6 Å². The maximum atomic E-state index is 10.9. The first-order chi connectivity index (χ1) is 9.90. The summed E-state index contributed by atoms with van der Waals surface area (Å²) in [5, 5.41) is 28.2. The highest BCUT2D eigenvalue weighted by molar-refractivity contribution is 14.1. The fourth-order valence-corrected chi connectivity index (χ4v) is 2.88. The second-order valence-corrected chi connectivity index (χ2v) is 5.71. The van der Waals surface area contributed by atoms with Crippen molar-refractivity contribution in [3.8, 4) is 22.6 Å². The van der Waals surface area contributed by atoms with E-state index in [1.54, 1.807) is 18.2 Å². The van der Waals surface area contributed by atoms with Crippen LogP contribution in [0.1, 0.15) is 5.56 Å². The number of halogens is 1. The average Bonchev–Trinajstić information content (AvgIpc) is 2.44. The van der Waals surface area contributed by atoms with Gasteiger partial charge in [-0.15, -0.1) is 0 Å². The Morgan fingerprint density at radius 2 is 1.76 bits per heavy atom. The van der Waals surface area contributed by atoms with Crippen molar-refractivity contribution in [2.45, 2.75) is 12.5 Å². The van der Waals surface area contributed by atoms with Gasteiger partial charge in [0.2, 0.25) is 0 Å². The van der Waals surface area contributed by atoms with Crippen LogP contribution in [0.5, 0.6) is 11.5 Å². The highest BCUT2D eigenvalue weighted by Gasteiger charge is 2.18. The number of carboxylic acids is 1. The summed E-state index contributed by atoms with van der Waals surface area (Å²) in [5.41, 5.74) is 7.84. The molecule has 1 atom stereocenters. The highest BCUT2D eigenvalue weighted by Crippen LogP contribution is 2.35. The molecule has 5 N–H and O–H groups in total. The van der Waals surface area contributed by atoms with E-state index in [0.717, 1.165) is 16.7 Å². The van der Waals surface area contributed by atoms with Gasteiger partial charge >= 0.3 is 5.97 Å². The lowest BCUT2D eigenvalue weighted by Crippen LogP contribution is -2.32. The third kappa shape index (κ3) is 3.45. The molecule has 0 amide bonds. The monoisotopic (exact) mass is 399 g/mol. The van der Waals surface area contributed by atoms with Crippen LogP contribution in [-0.4, -0.2) is 27.3 Å². The highest BCUT2D eigenvalue weighted by atomic mass is 127. The lowest BCUT2D eigenvalue weighted by atomic mass is 9.95. The van der Waals surface area contributed by atoms with Crippen molar-refractivity contribution < 1.29 is 20.1 Å². The minimum Gasteiger partial charge on any atom is -0.508 e. The standard InChI is InChI=1S/C15H14INO4/c16-14-12(19)6-3-9(7-11(17)15(20)21)13(14)8-1-4-10(18)5-2-8/h1-6,11,18-19H,7,17H2,(H,20,21)/t11-/m0/s1. The molecule has 0 unspecified atom stereocenters. The zero-order valence-corrected chi connectivity index (χ0v) is 13.1. The fraction of sp³-hybridized carbons (Fsp3) is 0.133. The molecule has 0 aliphatic rings. The predicted molar refractivity (Wildman–Crippen MR) is 87.2 cm³/mol. The molecule has 2 rings (SSSR count). The van der Waals surface area contributed by atoms with E-state index in [1.807, 2.05) is 22.6 Å². The van der Waals surface area contributed by atoms with E-state index in [2.05, 4.69) is 0 Å². The maximum absolute atomic E-state index is 10.9. The Balaban J connectivity index is 2.53. The van der Waals surface area contributed by atoms with Crippen LogP contribution in [-0.2, 0) is 11.2 Å². The van der Waals surface area contributed by atoms with Gasteiger partial charge in [-0.1, -0.05) is 18.2 Å². The number of phenols is 2. The second-order valence-electron chi connectivity index (χ2n) is 4.63. The summed E-state index contributed by atoms with van der Waals surface area (Å²) in [6.45, 7) is 0. The molecule has 0 saturated carbocycles. The lowest BCUT2D eigenvalue weighted by molar-refractivity contribution is -0.138. The minimum absolute atomic E-state index is 0.117. The molecular formula is C15H14INO4. The summed E-state index contributed by atoms with van der Waals surface area (Å²) < 4.78 is 0.619. The Morgan fingerprint density at radius 3 is 2.33 bits per heavy atom. The molecule has 6 heteroatoms. The molecule has 21 heavy (non-hydrogen) atoms. The molecule has 5 nitrogen and oxygen atoms in total. The number of aliphatic carboxylic acids is 1. The van der Waals surface area contributed by atoms with Gasteiger partial charge in [-0.2, -0.15) is 0 Å². The summed E-state index contributed by atoms with van der Waals surface area (Å²) in [6, 6.07) is 8.68. The van der Waals surface area contributed by atoms with Gasteiger partial charge in [-0.25, -0.2) is 0 Å². The molecule has 2 aromatic rings.